The van der Waals surface area contributed by atoms with Crippen LogP contribution in [0.15, 0.2) is 59.8 Å². The Morgan fingerprint density at radius 1 is 0.966 bits per heavy atom. The molecule has 0 aliphatic carbocycles. The lowest BCUT2D eigenvalue weighted by atomic mass is 10.0. The number of rotatable bonds is 7. The van der Waals surface area contributed by atoms with Crippen molar-refractivity contribution < 1.29 is 4.74 Å². The Morgan fingerprint density at radius 3 is 2.48 bits per heavy atom. The van der Waals surface area contributed by atoms with Gasteiger partial charge in [-0.25, -0.2) is 4.98 Å². The van der Waals surface area contributed by atoms with Crippen molar-refractivity contribution >= 4 is 11.8 Å². The van der Waals surface area contributed by atoms with Gasteiger partial charge in [-0.15, -0.1) is 0 Å². The number of ether oxygens (including phenoxy) is 1. The van der Waals surface area contributed by atoms with Crippen LogP contribution < -0.4 is 4.74 Å². The van der Waals surface area contributed by atoms with Gasteiger partial charge in [0.25, 0.3) is 0 Å². The summed E-state index contributed by atoms with van der Waals surface area (Å²) >= 11 is 1.51. The summed E-state index contributed by atoms with van der Waals surface area (Å²) in [5.41, 5.74) is 3.82. The summed E-state index contributed by atoms with van der Waals surface area (Å²) in [6, 6.07) is 19.9. The summed E-state index contributed by atoms with van der Waals surface area (Å²) < 4.78 is 6.08. The molecule has 148 valence electrons. The Kier molecular flexibility index (Phi) is 6.90. The average molecular weight is 404 g/mol. The van der Waals surface area contributed by atoms with Crippen LogP contribution in [0.3, 0.4) is 0 Å². The molecular formula is C24H25N3OS. The van der Waals surface area contributed by atoms with Crippen molar-refractivity contribution in [3.63, 3.8) is 0 Å². The van der Waals surface area contributed by atoms with Gasteiger partial charge in [0, 0.05) is 11.8 Å². The van der Waals surface area contributed by atoms with E-state index in [0.29, 0.717) is 28.3 Å². The van der Waals surface area contributed by atoms with Crippen LogP contribution in [0.5, 0.6) is 11.6 Å². The van der Waals surface area contributed by atoms with E-state index in [1.807, 2.05) is 42.5 Å². The van der Waals surface area contributed by atoms with Gasteiger partial charge in [-0.3, -0.25) is 0 Å². The van der Waals surface area contributed by atoms with Crippen LogP contribution in [-0.2, 0) is 5.75 Å². The van der Waals surface area contributed by atoms with Crippen LogP contribution in [0.25, 0.3) is 0 Å². The second-order valence-corrected chi connectivity index (χ2v) is 8.40. The number of nitriles is 1. The highest BCUT2D eigenvalue weighted by molar-refractivity contribution is 7.98. The highest BCUT2D eigenvalue weighted by atomic mass is 32.2. The van der Waals surface area contributed by atoms with Gasteiger partial charge in [-0.1, -0.05) is 69.8 Å². The van der Waals surface area contributed by atoms with Crippen LogP contribution >= 0.6 is 11.8 Å². The molecule has 0 spiro atoms. The predicted molar refractivity (Wildman–Crippen MR) is 117 cm³/mol. The van der Waals surface area contributed by atoms with Crippen LogP contribution in [0.1, 0.15) is 61.9 Å². The SMILES string of the molecule is CC(C)c1cccc(Oc2cc(C(C)C)nc(SCc3ccccc3C#N)n2)c1. The molecule has 0 saturated carbocycles. The van der Waals surface area contributed by atoms with Crippen molar-refractivity contribution in [1.82, 2.24) is 9.97 Å². The molecule has 0 bridgehead atoms. The number of hydrogen-bond donors (Lipinski definition) is 0. The van der Waals surface area contributed by atoms with E-state index in [0.717, 1.165) is 17.0 Å². The molecule has 0 unspecified atom stereocenters. The second-order valence-electron chi connectivity index (χ2n) is 7.46. The molecule has 0 amide bonds. The van der Waals surface area contributed by atoms with Gasteiger partial charge in [-0.2, -0.15) is 10.2 Å². The minimum absolute atomic E-state index is 0.257. The number of hydrogen-bond acceptors (Lipinski definition) is 5. The van der Waals surface area contributed by atoms with Gasteiger partial charge in [0.05, 0.1) is 17.3 Å². The standard InChI is InChI=1S/C24H25N3OS/c1-16(2)18-10-7-11-21(12-18)28-23-13-22(17(3)4)26-24(27-23)29-15-20-9-6-5-8-19(20)14-25/h5-13,16-17H,15H2,1-4H3. The van der Waals surface area contributed by atoms with Crippen LogP contribution in [-0.4, -0.2) is 9.97 Å². The molecule has 2 aromatic carbocycles. The summed E-state index contributed by atoms with van der Waals surface area (Å²) in [6.07, 6.45) is 0. The molecule has 1 aromatic heterocycles. The fourth-order valence-electron chi connectivity index (χ4n) is 2.79. The Morgan fingerprint density at radius 2 is 1.76 bits per heavy atom. The van der Waals surface area contributed by atoms with Gasteiger partial charge in [-0.05, 0) is 41.2 Å². The summed E-state index contributed by atoms with van der Waals surface area (Å²) in [4.78, 5) is 9.28. The Labute approximate surface area is 177 Å². The Bertz CT molecular complexity index is 1020. The van der Waals surface area contributed by atoms with Crippen molar-refractivity contribution in [2.24, 2.45) is 0 Å². The highest BCUT2D eigenvalue weighted by Crippen LogP contribution is 2.29. The quantitative estimate of drug-likeness (QED) is 0.325. The van der Waals surface area contributed by atoms with E-state index in [9.17, 15) is 5.26 Å². The Balaban J connectivity index is 1.84. The van der Waals surface area contributed by atoms with Crippen molar-refractivity contribution in [1.29, 1.82) is 5.26 Å². The number of benzene rings is 2. The molecule has 4 nitrogen and oxygen atoms in total. The fourth-order valence-corrected chi connectivity index (χ4v) is 3.65. The van der Waals surface area contributed by atoms with Crippen LogP contribution in [0.2, 0.25) is 0 Å². The molecule has 0 fully saturated rings. The zero-order valence-electron chi connectivity index (χ0n) is 17.2. The molecule has 0 radical (unpaired) electrons. The molecular weight excluding hydrogens is 378 g/mol. The third-order valence-electron chi connectivity index (χ3n) is 4.54. The molecule has 1 heterocycles. The van der Waals surface area contributed by atoms with E-state index in [1.54, 1.807) is 0 Å². The molecule has 3 rings (SSSR count). The van der Waals surface area contributed by atoms with E-state index in [4.69, 9.17) is 4.74 Å². The lowest BCUT2D eigenvalue weighted by molar-refractivity contribution is 0.452. The maximum atomic E-state index is 9.29. The lowest BCUT2D eigenvalue weighted by Crippen LogP contribution is -2.00. The second kappa shape index (κ2) is 9.58. The number of aromatic nitrogens is 2. The topological polar surface area (TPSA) is 58.8 Å². The van der Waals surface area contributed by atoms with Gasteiger partial charge >= 0.3 is 0 Å². The van der Waals surface area contributed by atoms with Crippen molar-refractivity contribution in [3.8, 4) is 17.7 Å². The predicted octanol–water partition coefficient (Wildman–Crippen LogP) is 6.68. The summed E-state index contributed by atoms with van der Waals surface area (Å²) in [6.45, 7) is 8.53. The first-order chi connectivity index (χ1) is 14.0. The van der Waals surface area contributed by atoms with Crippen molar-refractivity contribution in [3.05, 3.63) is 77.0 Å². The molecule has 0 aliphatic rings. The van der Waals surface area contributed by atoms with Gasteiger partial charge in [0.2, 0.25) is 5.88 Å². The van der Waals surface area contributed by atoms with Crippen LogP contribution in [0.4, 0.5) is 0 Å². The largest absolute Gasteiger partial charge is 0.439 e. The first kappa shape index (κ1) is 20.9. The summed E-state index contributed by atoms with van der Waals surface area (Å²) in [5.74, 6) is 2.64. The van der Waals surface area contributed by atoms with E-state index in [-0.39, 0.29) is 5.92 Å². The number of thioether (sulfide) groups is 1. The van der Waals surface area contributed by atoms with Crippen LogP contribution in [0, 0.1) is 11.3 Å². The number of nitrogens with zero attached hydrogens (tertiary/aromatic N) is 3. The maximum Gasteiger partial charge on any atom is 0.223 e. The van der Waals surface area contributed by atoms with Gasteiger partial charge < -0.3 is 4.74 Å². The van der Waals surface area contributed by atoms with Gasteiger partial charge in [0.15, 0.2) is 5.16 Å². The fraction of sp³-hybridized carbons (Fsp3) is 0.292. The van der Waals surface area contributed by atoms with E-state index < -0.39 is 0 Å². The average Bonchev–Trinajstić information content (AvgIpc) is 2.72. The maximum absolute atomic E-state index is 9.29. The van der Waals surface area contributed by atoms with Gasteiger partial charge in [0.1, 0.15) is 5.75 Å². The molecule has 29 heavy (non-hydrogen) atoms. The monoisotopic (exact) mass is 403 g/mol. The molecule has 0 N–H and O–H groups in total. The van der Waals surface area contributed by atoms with Crippen molar-refractivity contribution in [2.75, 3.05) is 0 Å². The van der Waals surface area contributed by atoms with E-state index in [1.165, 1.54) is 17.3 Å². The highest BCUT2D eigenvalue weighted by Gasteiger charge is 2.12. The van der Waals surface area contributed by atoms with E-state index >= 15 is 0 Å². The molecule has 3 aromatic rings. The normalized spacial score (nSPS) is 10.9. The Hall–Kier alpha value is -2.84. The summed E-state index contributed by atoms with van der Waals surface area (Å²) in [7, 11) is 0. The minimum Gasteiger partial charge on any atom is -0.439 e. The van der Waals surface area contributed by atoms with Crippen molar-refractivity contribution in [2.45, 2.75) is 50.4 Å². The third kappa shape index (κ3) is 5.58. The first-order valence-electron chi connectivity index (χ1n) is 9.74. The van der Waals surface area contributed by atoms with E-state index in [2.05, 4.69) is 55.9 Å². The molecule has 5 heteroatoms. The first-order valence-corrected chi connectivity index (χ1v) is 10.7. The molecule has 0 atom stereocenters. The third-order valence-corrected chi connectivity index (χ3v) is 5.43. The zero-order chi connectivity index (χ0) is 20.8. The zero-order valence-corrected chi connectivity index (χ0v) is 18.0. The molecule has 0 aliphatic heterocycles. The smallest absolute Gasteiger partial charge is 0.223 e. The molecule has 0 saturated heterocycles. The minimum atomic E-state index is 0.257. The lowest BCUT2D eigenvalue weighted by Gasteiger charge is -2.12. The summed E-state index contributed by atoms with van der Waals surface area (Å²) in [5, 5.41) is 9.94.